The topological polar surface area (TPSA) is 52.6 Å². The van der Waals surface area contributed by atoms with Crippen molar-refractivity contribution >= 4 is 38.5 Å². The second kappa shape index (κ2) is 7.65. The number of benzene rings is 1. The normalized spacial score (nSPS) is 12.0. The van der Waals surface area contributed by atoms with Gasteiger partial charge in [-0.25, -0.2) is 9.59 Å². The van der Waals surface area contributed by atoms with Crippen molar-refractivity contribution in [1.82, 2.24) is 0 Å². The van der Waals surface area contributed by atoms with Gasteiger partial charge in [-0.3, -0.25) is 0 Å². The smallest absolute Gasteiger partial charge is 0.338 e. The average molecular weight is 367 g/mol. The summed E-state index contributed by atoms with van der Waals surface area (Å²) in [6.07, 6.45) is 0. The van der Waals surface area contributed by atoms with E-state index >= 15 is 0 Å². The lowest BCUT2D eigenvalue weighted by Gasteiger charge is -2.29. The minimum absolute atomic E-state index is 0.277. The van der Waals surface area contributed by atoms with Gasteiger partial charge < -0.3 is 9.47 Å². The molecule has 134 valence electrons. The fourth-order valence-corrected chi connectivity index (χ4v) is 7.76. The molecule has 1 aromatic rings. The Balaban J connectivity index is 3.73. The molecule has 0 amide bonds. The predicted octanol–water partition coefficient (Wildman–Crippen LogP) is 3.13. The molecule has 0 unspecified atom stereocenters. The SMILES string of the molecule is CCOC(=O)c1cc([Si](C)(C)C)c([Si](C)(C)C)cc1C(=O)OCC. The standard InChI is InChI=1S/C18H30O4Si2/c1-9-21-17(19)13-11-15(23(3,4)5)16(24(6,7)8)12-14(13)18(20)22-10-2/h11-12H,9-10H2,1-8H3. The molecule has 0 radical (unpaired) electrons. The van der Waals surface area contributed by atoms with Gasteiger partial charge in [-0.2, -0.15) is 0 Å². The Morgan fingerprint density at radius 3 is 1.25 bits per heavy atom. The van der Waals surface area contributed by atoms with Crippen molar-refractivity contribution < 1.29 is 19.1 Å². The highest BCUT2D eigenvalue weighted by atomic mass is 28.3. The zero-order valence-electron chi connectivity index (χ0n) is 16.2. The van der Waals surface area contributed by atoms with Crippen LogP contribution in [0.1, 0.15) is 34.6 Å². The molecule has 4 nitrogen and oxygen atoms in total. The molecule has 0 aromatic heterocycles. The third-order valence-corrected chi connectivity index (χ3v) is 8.07. The number of carbonyl (C=O) groups is 2. The Labute approximate surface area is 147 Å². The largest absolute Gasteiger partial charge is 0.462 e. The van der Waals surface area contributed by atoms with Crippen LogP contribution in [0.5, 0.6) is 0 Å². The van der Waals surface area contributed by atoms with Crippen LogP contribution in [0, 0.1) is 0 Å². The molecule has 1 aromatic carbocycles. The Hall–Kier alpha value is -1.41. The van der Waals surface area contributed by atoms with E-state index < -0.39 is 28.1 Å². The molecule has 0 N–H and O–H groups in total. The van der Waals surface area contributed by atoms with Gasteiger partial charge in [0.25, 0.3) is 0 Å². The fourth-order valence-electron chi connectivity index (χ4n) is 2.60. The van der Waals surface area contributed by atoms with Gasteiger partial charge in [0.05, 0.1) is 40.5 Å². The molecule has 0 aliphatic heterocycles. The van der Waals surface area contributed by atoms with E-state index in [1.807, 2.05) is 12.1 Å². The van der Waals surface area contributed by atoms with Gasteiger partial charge in [0.1, 0.15) is 0 Å². The Morgan fingerprint density at radius 1 is 0.750 bits per heavy atom. The summed E-state index contributed by atoms with van der Waals surface area (Å²) in [5.74, 6) is -0.913. The van der Waals surface area contributed by atoms with Crippen LogP contribution in [0.2, 0.25) is 39.3 Å². The van der Waals surface area contributed by atoms with Gasteiger partial charge in [-0.15, -0.1) is 0 Å². The molecule has 6 heteroatoms. The molecule has 0 saturated heterocycles. The maximum absolute atomic E-state index is 12.4. The summed E-state index contributed by atoms with van der Waals surface area (Å²) in [6, 6.07) is 3.79. The highest BCUT2D eigenvalue weighted by Gasteiger charge is 2.32. The van der Waals surface area contributed by atoms with Crippen LogP contribution >= 0.6 is 0 Å². The monoisotopic (exact) mass is 366 g/mol. The van der Waals surface area contributed by atoms with Crippen molar-refractivity contribution in [2.24, 2.45) is 0 Å². The molecule has 1 rings (SSSR count). The highest BCUT2D eigenvalue weighted by molar-refractivity contribution is 6.98. The van der Waals surface area contributed by atoms with Gasteiger partial charge in [-0.1, -0.05) is 49.7 Å². The number of hydrogen-bond donors (Lipinski definition) is 0. The summed E-state index contributed by atoms with van der Waals surface area (Å²) in [6.45, 7) is 17.6. The van der Waals surface area contributed by atoms with E-state index in [-0.39, 0.29) is 13.2 Å². The minimum Gasteiger partial charge on any atom is -0.462 e. The second-order valence-corrected chi connectivity index (χ2v) is 18.0. The van der Waals surface area contributed by atoms with Crippen molar-refractivity contribution in [2.75, 3.05) is 13.2 Å². The van der Waals surface area contributed by atoms with Gasteiger partial charge in [0, 0.05) is 0 Å². The average Bonchev–Trinajstić information content (AvgIpc) is 2.44. The van der Waals surface area contributed by atoms with Gasteiger partial charge >= 0.3 is 11.9 Å². The molecule has 0 bridgehead atoms. The molecule has 0 saturated carbocycles. The van der Waals surface area contributed by atoms with E-state index in [4.69, 9.17) is 9.47 Å². The number of esters is 2. The second-order valence-electron chi connectivity index (χ2n) is 7.88. The molecular formula is C18H30O4Si2. The predicted molar refractivity (Wildman–Crippen MR) is 104 cm³/mol. The van der Waals surface area contributed by atoms with Crippen LogP contribution in [0.3, 0.4) is 0 Å². The van der Waals surface area contributed by atoms with Crippen LogP contribution in [-0.2, 0) is 9.47 Å². The van der Waals surface area contributed by atoms with Crippen molar-refractivity contribution in [1.29, 1.82) is 0 Å². The minimum atomic E-state index is -1.69. The quantitative estimate of drug-likeness (QED) is 0.573. The first kappa shape index (κ1) is 20.6. The summed E-state index contributed by atoms with van der Waals surface area (Å²) in [5, 5.41) is 2.47. The number of ether oxygens (including phenoxy) is 2. The van der Waals surface area contributed by atoms with Crippen LogP contribution < -0.4 is 10.4 Å². The van der Waals surface area contributed by atoms with Gasteiger partial charge in [0.2, 0.25) is 0 Å². The van der Waals surface area contributed by atoms with E-state index in [0.717, 1.165) is 0 Å². The first-order valence-corrected chi connectivity index (χ1v) is 15.5. The van der Waals surface area contributed by atoms with Crippen molar-refractivity contribution in [3.63, 3.8) is 0 Å². The lowest BCUT2D eigenvalue weighted by atomic mass is 10.1. The van der Waals surface area contributed by atoms with Crippen molar-refractivity contribution in [3.05, 3.63) is 23.3 Å². The summed E-state index contributed by atoms with van der Waals surface area (Å²) in [7, 11) is -3.38. The van der Waals surface area contributed by atoms with Crippen LogP contribution in [0.25, 0.3) is 0 Å². The zero-order valence-corrected chi connectivity index (χ0v) is 18.2. The first-order chi connectivity index (χ1) is 10.9. The third-order valence-electron chi connectivity index (χ3n) is 3.76. The molecule has 0 heterocycles. The van der Waals surface area contributed by atoms with E-state index in [1.54, 1.807) is 13.8 Å². The van der Waals surface area contributed by atoms with Crippen LogP contribution in [0.4, 0.5) is 0 Å². The van der Waals surface area contributed by atoms with Gasteiger partial charge in [0.15, 0.2) is 0 Å². The highest BCUT2D eigenvalue weighted by Crippen LogP contribution is 2.16. The maximum atomic E-state index is 12.4. The molecular weight excluding hydrogens is 336 g/mol. The summed E-state index contributed by atoms with van der Waals surface area (Å²) >= 11 is 0. The summed E-state index contributed by atoms with van der Waals surface area (Å²) in [4.78, 5) is 24.8. The molecule has 0 spiro atoms. The summed E-state index contributed by atoms with van der Waals surface area (Å²) in [5.41, 5.74) is 0.657. The molecule has 0 atom stereocenters. The molecule has 0 aliphatic carbocycles. The number of rotatable bonds is 6. The number of carbonyl (C=O) groups excluding carboxylic acids is 2. The lowest BCUT2D eigenvalue weighted by molar-refractivity contribution is 0.0479. The summed E-state index contributed by atoms with van der Waals surface area (Å²) < 4.78 is 10.3. The lowest BCUT2D eigenvalue weighted by Crippen LogP contribution is -2.57. The van der Waals surface area contributed by atoms with Crippen LogP contribution in [0.15, 0.2) is 12.1 Å². The molecule has 0 aliphatic rings. The fraction of sp³-hybridized carbons (Fsp3) is 0.556. The van der Waals surface area contributed by atoms with E-state index in [2.05, 4.69) is 39.3 Å². The third kappa shape index (κ3) is 4.80. The maximum Gasteiger partial charge on any atom is 0.338 e. The molecule has 24 heavy (non-hydrogen) atoms. The van der Waals surface area contributed by atoms with E-state index in [9.17, 15) is 9.59 Å². The van der Waals surface area contributed by atoms with E-state index in [0.29, 0.717) is 11.1 Å². The Morgan fingerprint density at radius 2 is 1.04 bits per heavy atom. The van der Waals surface area contributed by atoms with Crippen LogP contribution in [-0.4, -0.2) is 41.3 Å². The Bertz CT molecular complexity index is 570. The van der Waals surface area contributed by atoms with Crippen molar-refractivity contribution in [3.8, 4) is 0 Å². The molecule has 0 fully saturated rings. The number of hydrogen-bond acceptors (Lipinski definition) is 4. The zero-order chi connectivity index (χ0) is 18.7. The Kier molecular flexibility index (Phi) is 6.58. The van der Waals surface area contributed by atoms with Gasteiger partial charge in [-0.05, 0) is 26.0 Å². The van der Waals surface area contributed by atoms with Crippen molar-refractivity contribution in [2.45, 2.75) is 53.1 Å². The first-order valence-electron chi connectivity index (χ1n) is 8.46. The van der Waals surface area contributed by atoms with E-state index in [1.165, 1.54) is 10.4 Å².